The fourth-order valence-electron chi connectivity index (χ4n) is 0.858. The van der Waals surface area contributed by atoms with Crippen LogP contribution in [0.1, 0.15) is 13.3 Å². The fourth-order valence-corrected chi connectivity index (χ4v) is 0.858. The molecule has 0 radical (unpaired) electrons. The zero-order valence-electron chi connectivity index (χ0n) is 5.83. The third kappa shape index (κ3) is 1.19. The first-order valence-electron chi connectivity index (χ1n) is 3.18. The monoisotopic (exact) mass is 142 g/mol. The van der Waals surface area contributed by atoms with E-state index in [-0.39, 0.29) is 12.1 Å². The molecule has 0 spiro atoms. The van der Waals surface area contributed by atoms with E-state index in [1.54, 1.807) is 6.92 Å². The summed E-state index contributed by atoms with van der Waals surface area (Å²) >= 11 is 0. The lowest BCUT2D eigenvalue weighted by Crippen LogP contribution is -2.21. The summed E-state index contributed by atoms with van der Waals surface area (Å²) in [5, 5.41) is 8.97. The van der Waals surface area contributed by atoms with Crippen LogP contribution in [0.25, 0.3) is 0 Å². The highest BCUT2D eigenvalue weighted by Gasteiger charge is 2.30. The summed E-state index contributed by atoms with van der Waals surface area (Å²) in [5.74, 6) is -0.383. The van der Waals surface area contributed by atoms with E-state index in [1.807, 2.05) is 0 Å². The predicted octanol–water partition coefficient (Wildman–Crippen LogP) is 0.239. The van der Waals surface area contributed by atoms with Gasteiger partial charge in [-0.15, -0.1) is 0 Å². The van der Waals surface area contributed by atoms with Gasteiger partial charge in [0.15, 0.2) is 0 Å². The quantitative estimate of drug-likeness (QED) is 0.421. The van der Waals surface area contributed by atoms with Crippen molar-refractivity contribution in [2.24, 2.45) is 0 Å². The molecule has 1 aliphatic rings. The minimum absolute atomic E-state index is 0.375. The third-order valence-corrected chi connectivity index (χ3v) is 1.53. The molecular weight excluding hydrogens is 132 g/mol. The molecule has 0 bridgehead atoms. The number of hydrogen-bond acceptors (Lipinski definition) is 3. The van der Waals surface area contributed by atoms with Crippen LogP contribution in [0.4, 0.5) is 0 Å². The maximum Gasteiger partial charge on any atom is 0.333 e. The summed E-state index contributed by atoms with van der Waals surface area (Å²) in [7, 11) is 0. The fraction of sp³-hybridized carbons (Fsp3) is 0.571. The number of aliphatic hydroxyl groups excluding tert-OH is 1. The van der Waals surface area contributed by atoms with Gasteiger partial charge in [-0.25, -0.2) is 4.79 Å². The molecule has 1 rings (SSSR count). The molecule has 0 unspecified atom stereocenters. The number of aliphatic hydroxyl groups is 1. The van der Waals surface area contributed by atoms with Crippen LogP contribution in [0, 0.1) is 0 Å². The molecule has 2 atom stereocenters. The maximum atomic E-state index is 10.7. The molecule has 1 N–H and O–H groups in total. The van der Waals surface area contributed by atoms with Crippen molar-refractivity contribution in [3.63, 3.8) is 0 Å². The van der Waals surface area contributed by atoms with Crippen molar-refractivity contribution < 1.29 is 14.6 Å². The average molecular weight is 142 g/mol. The highest BCUT2D eigenvalue weighted by molar-refractivity contribution is 5.89. The second-order valence-corrected chi connectivity index (χ2v) is 2.49. The van der Waals surface area contributed by atoms with Gasteiger partial charge in [0.05, 0.1) is 6.10 Å². The van der Waals surface area contributed by atoms with Crippen LogP contribution in [-0.4, -0.2) is 23.3 Å². The van der Waals surface area contributed by atoms with Gasteiger partial charge in [-0.3, -0.25) is 0 Å². The van der Waals surface area contributed by atoms with Crippen LogP contribution >= 0.6 is 0 Å². The molecule has 0 aromatic carbocycles. The van der Waals surface area contributed by atoms with Gasteiger partial charge in [-0.2, -0.15) is 0 Å². The lowest BCUT2D eigenvalue weighted by Gasteiger charge is -2.10. The number of cyclic esters (lactones) is 1. The number of carbonyl (C=O) groups excluding carboxylic acids is 1. The van der Waals surface area contributed by atoms with Gasteiger partial charge in [-0.05, 0) is 6.92 Å². The Bertz CT molecular complexity index is 156. The molecule has 0 aliphatic carbocycles. The lowest BCUT2D eigenvalue weighted by atomic mass is 10.1. The highest BCUT2D eigenvalue weighted by atomic mass is 16.6. The van der Waals surface area contributed by atoms with Gasteiger partial charge >= 0.3 is 5.97 Å². The highest BCUT2D eigenvalue weighted by Crippen LogP contribution is 2.20. The molecule has 3 nitrogen and oxygen atoms in total. The number of ether oxygens (including phenoxy) is 1. The molecule has 56 valence electrons. The van der Waals surface area contributed by atoms with E-state index in [0.29, 0.717) is 12.0 Å². The van der Waals surface area contributed by atoms with E-state index in [4.69, 9.17) is 9.84 Å². The summed E-state index contributed by atoms with van der Waals surface area (Å²) in [4.78, 5) is 10.7. The van der Waals surface area contributed by atoms with Crippen molar-refractivity contribution in [1.29, 1.82) is 0 Å². The van der Waals surface area contributed by atoms with Crippen LogP contribution in [0.15, 0.2) is 12.2 Å². The molecular formula is C7H10O3. The molecule has 10 heavy (non-hydrogen) atoms. The summed E-state index contributed by atoms with van der Waals surface area (Å²) in [6.45, 7) is 5.08. The van der Waals surface area contributed by atoms with Crippen molar-refractivity contribution >= 4 is 5.97 Å². The third-order valence-electron chi connectivity index (χ3n) is 1.53. The van der Waals surface area contributed by atoms with E-state index >= 15 is 0 Å². The standard InChI is InChI=1S/C7H10O3/c1-4-3-6(5(2)8)10-7(4)9/h5-6,8H,1,3H2,2H3/t5-,6+/m0/s1. The molecule has 0 aromatic heterocycles. The SMILES string of the molecule is C=C1C[C@H]([C@H](C)O)OC1=O. The summed E-state index contributed by atoms with van der Waals surface area (Å²) < 4.78 is 4.75. The maximum absolute atomic E-state index is 10.7. The van der Waals surface area contributed by atoms with Crippen LogP contribution < -0.4 is 0 Å². The lowest BCUT2D eigenvalue weighted by molar-refractivity contribution is -0.142. The minimum Gasteiger partial charge on any atom is -0.456 e. The first kappa shape index (κ1) is 7.28. The van der Waals surface area contributed by atoms with E-state index in [1.165, 1.54) is 0 Å². The Balaban J connectivity index is 2.57. The number of rotatable bonds is 1. The van der Waals surface area contributed by atoms with Gasteiger partial charge < -0.3 is 9.84 Å². The van der Waals surface area contributed by atoms with Gasteiger partial charge in [0.1, 0.15) is 6.10 Å². The number of hydrogen-bond donors (Lipinski definition) is 1. The van der Waals surface area contributed by atoms with Crippen LogP contribution in [0.2, 0.25) is 0 Å². The van der Waals surface area contributed by atoms with E-state index in [9.17, 15) is 4.79 Å². The van der Waals surface area contributed by atoms with Crippen LogP contribution in [-0.2, 0) is 9.53 Å². The summed E-state index contributed by atoms with van der Waals surface area (Å²) in [6, 6.07) is 0. The van der Waals surface area contributed by atoms with E-state index < -0.39 is 6.10 Å². The molecule has 1 fully saturated rings. The Morgan fingerprint density at radius 2 is 2.50 bits per heavy atom. The predicted molar refractivity (Wildman–Crippen MR) is 35.3 cm³/mol. The van der Waals surface area contributed by atoms with Crippen molar-refractivity contribution in [2.45, 2.75) is 25.6 Å². The summed E-state index contributed by atoms with van der Waals surface area (Å²) in [6.07, 6.45) is -0.514. The molecule has 0 amide bonds. The van der Waals surface area contributed by atoms with Gasteiger partial charge in [0.25, 0.3) is 0 Å². The Kier molecular flexibility index (Phi) is 1.76. The second-order valence-electron chi connectivity index (χ2n) is 2.49. The van der Waals surface area contributed by atoms with E-state index in [0.717, 1.165) is 0 Å². The largest absolute Gasteiger partial charge is 0.456 e. The molecule has 1 heterocycles. The van der Waals surface area contributed by atoms with E-state index in [2.05, 4.69) is 6.58 Å². The van der Waals surface area contributed by atoms with Crippen LogP contribution in [0.5, 0.6) is 0 Å². The zero-order valence-corrected chi connectivity index (χ0v) is 5.83. The van der Waals surface area contributed by atoms with Gasteiger partial charge in [0, 0.05) is 12.0 Å². The molecule has 1 aliphatic heterocycles. The van der Waals surface area contributed by atoms with Crippen molar-refractivity contribution in [2.75, 3.05) is 0 Å². The topological polar surface area (TPSA) is 46.5 Å². The zero-order chi connectivity index (χ0) is 7.72. The molecule has 3 heteroatoms. The van der Waals surface area contributed by atoms with Gasteiger partial charge in [0.2, 0.25) is 0 Å². The average Bonchev–Trinajstić information content (AvgIpc) is 2.13. The summed E-state index contributed by atoms with van der Waals surface area (Å²) in [5.41, 5.74) is 0.450. The molecule has 0 aromatic rings. The van der Waals surface area contributed by atoms with Crippen molar-refractivity contribution in [3.8, 4) is 0 Å². The smallest absolute Gasteiger partial charge is 0.333 e. The Hall–Kier alpha value is -0.830. The number of esters is 1. The van der Waals surface area contributed by atoms with Gasteiger partial charge in [-0.1, -0.05) is 6.58 Å². The Morgan fingerprint density at radius 1 is 1.90 bits per heavy atom. The second kappa shape index (κ2) is 2.42. The number of carbonyl (C=O) groups is 1. The molecule has 0 saturated carbocycles. The van der Waals surface area contributed by atoms with Crippen molar-refractivity contribution in [1.82, 2.24) is 0 Å². The first-order valence-corrected chi connectivity index (χ1v) is 3.18. The normalized spacial score (nSPS) is 28.4. The first-order chi connectivity index (χ1) is 4.61. The minimum atomic E-state index is -0.594. The Morgan fingerprint density at radius 3 is 2.70 bits per heavy atom. The molecule has 1 saturated heterocycles. The Labute approximate surface area is 59.3 Å². The van der Waals surface area contributed by atoms with Crippen molar-refractivity contribution in [3.05, 3.63) is 12.2 Å². The van der Waals surface area contributed by atoms with Crippen LogP contribution in [0.3, 0.4) is 0 Å².